The van der Waals surface area contributed by atoms with Gasteiger partial charge in [-0.1, -0.05) is 6.92 Å². The molecule has 0 radical (unpaired) electrons. The monoisotopic (exact) mass is 407 g/mol. The molecule has 1 aliphatic carbocycles. The van der Waals surface area contributed by atoms with Crippen LogP contribution in [0.5, 0.6) is 11.5 Å². The molecular formula is C22H22FN5O2. The minimum Gasteiger partial charge on any atom is -0.452 e. The first-order chi connectivity index (χ1) is 14.4. The summed E-state index contributed by atoms with van der Waals surface area (Å²) in [7, 11) is 1.82. The fourth-order valence-electron chi connectivity index (χ4n) is 2.96. The standard InChI is InChI=1S/C22H22FN5O2/c1-22(6-7-22)21(29)27-16-3-4-19(17(23)10-16)30-20-9-14(11-25-18(20)5-8-24)15-12-26-28(2)13-15/h3-5,8-13H,6-7,24H2,1-2H3,(H,27,29). The van der Waals surface area contributed by atoms with Gasteiger partial charge in [0.2, 0.25) is 5.91 Å². The maximum Gasteiger partial charge on any atom is 0.230 e. The quantitative estimate of drug-likeness (QED) is 0.642. The van der Waals surface area contributed by atoms with Crippen LogP contribution in [0.4, 0.5) is 10.1 Å². The summed E-state index contributed by atoms with van der Waals surface area (Å²) in [6.07, 6.45) is 9.83. The van der Waals surface area contributed by atoms with Crippen molar-refractivity contribution in [3.8, 4) is 22.6 Å². The van der Waals surface area contributed by atoms with E-state index in [-0.39, 0.29) is 17.1 Å². The molecule has 1 saturated carbocycles. The van der Waals surface area contributed by atoms with E-state index in [4.69, 9.17) is 10.5 Å². The third kappa shape index (κ3) is 4.03. The third-order valence-corrected chi connectivity index (χ3v) is 5.13. The predicted octanol–water partition coefficient (Wildman–Crippen LogP) is 4.08. The van der Waals surface area contributed by atoms with E-state index in [1.165, 1.54) is 18.3 Å². The molecule has 0 bridgehead atoms. The second-order valence-electron chi connectivity index (χ2n) is 7.63. The van der Waals surface area contributed by atoms with Crippen LogP contribution >= 0.6 is 0 Å². The minimum atomic E-state index is -0.594. The van der Waals surface area contributed by atoms with E-state index >= 15 is 0 Å². The number of amides is 1. The van der Waals surface area contributed by atoms with Crippen LogP contribution in [0, 0.1) is 11.2 Å². The highest BCUT2D eigenvalue weighted by Crippen LogP contribution is 2.45. The Bertz CT molecular complexity index is 1130. The Morgan fingerprint density at radius 1 is 1.27 bits per heavy atom. The summed E-state index contributed by atoms with van der Waals surface area (Å²) in [5, 5.41) is 6.91. The van der Waals surface area contributed by atoms with Crippen molar-refractivity contribution in [3.63, 3.8) is 0 Å². The average molecular weight is 407 g/mol. The number of nitrogens with one attached hydrogen (secondary N) is 1. The lowest BCUT2D eigenvalue weighted by molar-refractivity contribution is -0.120. The lowest BCUT2D eigenvalue weighted by atomic mass is 10.1. The first-order valence-corrected chi connectivity index (χ1v) is 9.54. The van der Waals surface area contributed by atoms with E-state index in [9.17, 15) is 9.18 Å². The Kier molecular flexibility index (Phi) is 4.99. The van der Waals surface area contributed by atoms with Gasteiger partial charge in [-0.2, -0.15) is 5.10 Å². The Morgan fingerprint density at radius 2 is 2.07 bits per heavy atom. The number of aromatic nitrogens is 3. The van der Waals surface area contributed by atoms with E-state index in [0.29, 0.717) is 17.1 Å². The predicted molar refractivity (Wildman–Crippen MR) is 112 cm³/mol. The summed E-state index contributed by atoms with van der Waals surface area (Å²) in [4.78, 5) is 16.5. The van der Waals surface area contributed by atoms with E-state index in [2.05, 4.69) is 15.4 Å². The number of hydrogen-bond donors (Lipinski definition) is 2. The smallest absolute Gasteiger partial charge is 0.230 e. The van der Waals surface area contributed by atoms with Crippen molar-refractivity contribution >= 4 is 17.7 Å². The molecular weight excluding hydrogens is 385 g/mol. The summed E-state index contributed by atoms with van der Waals surface area (Å²) in [5.41, 5.74) is 7.65. The maximum atomic E-state index is 14.7. The molecule has 3 N–H and O–H groups in total. The molecule has 1 aromatic carbocycles. The Labute approximate surface area is 173 Å². The number of nitrogens with zero attached hydrogens (tertiary/aromatic N) is 3. The van der Waals surface area contributed by atoms with Crippen molar-refractivity contribution in [2.24, 2.45) is 18.2 Å². The van der Waals surface area contributed by atoms with E-state index in [1.54, 1.807) is 35.3 Å². The molecule has 0 spiro atoms. The largest absolute Gasteiger partial charge is 0.452 e. The second-order valence-corrected chi connectivity index (χ2v) is 7.63. The highest BCUT2D eigenvalue weighted by molar-refractivity contribution is 5.96. The van der Waals surface area contributed by atoms with Crippen LogP contribution < -0.4 is 15.8 Å². The van der Waals surface area contributed by atoms with Crippen LogP contribution in [-0.4, -0.2) is 20.7 Å². The van der Waals surface area contributed by atoms with Crippen LogP contribution in [0.25, 0.3) is 17.2 Å². The van der Waals surface area contributed by atoms with Crippen LogP contribution in [0.1, 0.15) is 25.5 Å². The van der Waals surface area contributed by atoms with Gasteiger partial charge >= 0.3 is 0 Å². The Morgan fingerprint density at radius 3 is 2.70 bits per heavy atom. The molecule has 0 unspecified atom stereocenters. The van der Waals surface area contributed by atoms with Crippen molar-refractivity contribution in [3.05, 3.63) is 60.6 Å². The Hall–Kier alpha value is -3.68. The van der Waals surface area contributed by atoms with E-state index in [0.717, 1.165) is 24.0 Å². The van der Waals surface area contributed by atoms with Crippen LogP contribution in [0.2, 0.25) is 0 Å². The molecule has 7 nitrogen and oxygen atoms in total. The number of rotatable bonds is 6. The molecule has 1 amide bonds. The summed E-state index contributed by atoms with van der Waals surface area (Å²) < 4.78 is 22.2. The summed E-state index contributed by atoms with van der Waals surface area (Å²) in [6.45, 7) is 1.89. The number of nitrogens with two attached hydrogens (primary N) is 1. The molecule has 2 heterocycles. The summed E-state index contributed by atoms with van der Waals surface area (Å²) in [5.74, 6) is -0.329. The van der Waals surface area contributed by atoms with Crippen molar-refractivity contribution in [1.82, 2.24) is 14.8 Å². The number of anilines is 1. The molecule has 0 saturated heterocycles. The van der Waals surface area contributed by atoms with Gasteiger partial charge in [-0.15, -0.1) is 0 Å². The molecule has 30 heavy (non-hydrogen) atoms. The number of benzene rings is 1. The first kappa shape index (κ1) is 19.6. The van der Waals surface area contributed by atoms with Gasteiger partial charge in [0.25, 0.3) is 0 Å². The topological polar surface area (TPSA) is 95.1 Å². The molecule has 0 aliphatic heterocycles. The zero-order valence-electron chi connectivity index (χ0n) is 16.7. The SMILES string of the molecule is Cn1cc(-c2cnc(C=CN)c(Oc3ccc(NC(=O)C4(C)CC4)cc3F)c2)cn1. The average Bonchev–Trinajstić information content (AvgIpc) is 3.33. The molecule has 4 rings (SSSR count). The Balaban J connectivity index is 1.60. The van der Waals surface area contributed by atoms with Gasteiger partial charge in [0.15, 0.2) is 17.3 Å². The fourth-order valence-corrected chi connectivity index (χ4v) is 2.96. The number of ether oxygens (including phenoxy) is 1. The van der Waals surface area contributed by atoms with Crippen LogP contribution in [0.3, 0.4) is 0 Å². The maximum absolute atomic E-state index is 14.7. The number of aryl methyl sites for hydroxylation is 1. The molecule has 0 atom stereocenters. The van der Waals surface area contributed by atoms with E-state index < -0.39 is 5.82 Å². The van der Waals surface area contributed by atoms with Gasteiger partial charge in [0, 0.05) is 47.7 Å². The fraction of sp³-hybridized carbons (Fsp3) is 0.227. The molecule has 8 heteroatoms. The number of halogens is 1. The van der Waals surface area contributed by atoms with Gasteiger partial charge in [0.05, 0.1) is 6.20 Å². The van der Waals surface area contributed by atoms with Gasteiger partial charge in [-0.3, -0.25) is 14.5 Å². The second kappa shape index (κ2) is 7.62. The van der Waals surface area contributed by atoms with Gasteiger partial charge in [-0.05, 0) is 43.3 Å². The molecule has 1 aliphatic rings. The lowest BCUT2D eigenvalue weighted by Gasteiger charge is -2.13. The molecule has 154 valence electrons. The summed E-state index contributed by atoms with van der Waals surface area (Å²) in [6, 6.07) is 6.09. The molecule has 3 aromatic rings. The molecule has 1 fully saturated rings. The number of pyridine rings is 1. The van der Waals surface area contributed by atoms with Crippen LogP contribution in [0.15, 0.2) is 49.1 Å². The highest BCUT2D eigenvalue weighted by atomic mass is 19.1. The van der Waals surface area contributed by atoms with Gasteiger partial charge in [-0.25, -0.2) is 4.39 Å². The molecule has 2 aromatic heterocycles. The van der Waals surface area contributed by atoms with Crippen LogP contribution in [-0.2, 0) is 11.8 Å². The number of carbonyl (C=O) groups excluding carboxylic acids is 1. The normalized spacial score (nSPS) is 14.6. The first-order valence-electron chi connectivity index (χ1n) is 9.54. The van der Waals surface area contributed by atoms with Crippen molar-refractivity contribution in [2.45, 2.75) is 19.8 Å². The third-order valence-electron chi connectivity index (χ3n) is 5.13. The highest BCUT2D eigenvalue weighted by Gasteiger charge is 2.44. The van der Waals surface area contributed by atoms with E-state index in [1.807, 2.05) is 20.2 Å². The van der Waals surface area contributed by atoms with Crippen molar-refractivity contribution in [2.75, 3.05) is 5.32 Å². The zero-order chi connectivity index (χ0) is 21.3. The lowest BCUT2D eigenvalue weighted by Crippen LogP contribution is -2.21. The van der Waals surface area contributed by atoms with Crippen molar-refractivity contribution < 1.29 is 13.9 Å². The number of carbonyl (C=O) groups is 1. The summed E-state index contributed by atoms with van der Waals surface area (Å²) >= 11 is 0. The van der Waals surface area contributed by atoms with Gasteiger partial charge < -0.3 is 15.8 Å². The number of hydrogen-bond acceptors (Lipinski definition) is 5. The zero-order valence-corrected chi connectivity index (χ0v) is 16.7. The minimum absolute atomic E-state index is 0.0161. The van der Waals surface area contributed by atoms with Gasteiger partial charge in [0.1, 0.15) is 5.69 Å². The van der Waals surface area contributed by atoms with Crippen molar-refractivity contribution in [1.29, 1.82) is 0 Å².